The van der Waals surface area contributed by atoms with Crippen LogP contribution in [0.4, 0.5) is 17.1 Å². The fraction of sp³-hybridized carbons (Fsp3) is 0. The molecule has 2 nitrogen and oxygen atoms in total. The van der Waals surface area contributed by atoms with Crippen LogP contribution in [0.2, 0.25) is 0 Å². The number of anilines is 3. The van der Waals surface area contributed by atoms with Crippen LogP contribution in [-0.4, -0.2) is 4.57 Å². The topological polar surface area (TPSA) is 8.17 Å². The average molecular weight is 763 g/mol. The van der Waals surface area contributed by atoms with Crippen molar-refractivity contribution in [2.45, 2.75) is 0 Å². The van der Waals surface area contributed by atoms with Gasteiger partial charge in [0.1, 0.15) is 0 Å². The summed E-state index contributed by atoms with van der Waals surface area (Å²) in [6.45, 7) is 0. The van der Waals surface area contributed by atoms with E-state index in [9.17, 15) is 0 Å². The van der Waals surface area contributed by atoms with Crippen LogP contribution in [-0.2, 0) is 0 Å². The van der Waals surface area contributed by atoms with Crippen molar-refractivity contribution >= 4 is 49.6 Å². The van der Waals surface area contributed by atoms with Crippen molar-refractivity contribution in [3.05, 3.63) is 231 Å². The molecule has 0 saturated carbocycles. The Morgan fingerprint density at radius 2 is 0.817 bits per heavy atom. The molecule has 0 unspecified atom stereocenters. The van der Waals surface area contributed by atoms with E-state index in [-0.39, 0.29) is 0 Å². The molecule has 0 N–H and O–H groups in total. The molecular weight excluding hydrogens is 725 g/mol. The minimum Gasteiger partial charge on any atom is -0.310 e. The predicted molar refractivity (Wildman–Crippen MR) is 254 cm³/mol. The molecule has 0 aliphatic carbocycles. The van der Waals surface area contributed by atoms with Crippen molar-refractivity contribution in [3.63, 3.8) is 0 Å². The molecule has 0 amide bonds. The van der Waals surface area contributed by atoms with E-state index in [1.54, 1.807) is 0 Å². The molecule has 1 aliphatic rings. The van der Waals surface area contributed by atoms with Gasteiger partial charge in [0.25, 0.3) is 0 Å². The second-order valence-corrected chi connectivity index (χ2v) is 15.7. The molecule has 0 atom stereocenters. The van der Waals surface area contributed by atoms with E-state index < -0.39 is 0 Å². The molecule has 1 aromatic heterocycles. The Kier molecular flexibility index (Phi) is 7.89. The van der Waals surface area contributed by atoms with Gasteiger partial charge in [0.05, 0.1) is 16.7 Å². The number of hydrogen-bond acceptors (Lipinski definition) is 1. The van der Waals surface area contributed by atoms with Crippen LogP contribution in [0, 0.1) is 0 Å². The average Bonchev–Trinajstić information content (AvgIpc) is 3.61. The van der Waals surface area contributed by atoms with Crippen molar-refractivity contribution in [1.82, 2.24) is 4.57 Å². The SMILES string of the molecule is c1ccc(-c2ccc(-c3cccc(N(c4ccccc4)c4ccc(-c5cccc6c5-n5c7ccccc7c7c8ccccc8cc(c75)-c5ccccc5-6)cc4)c3)cc2)cc1. The second kappa shape index (κ2) is 13.9. The second-order valence-electron chi connectivity index (χ2n) is 15.7. The number of benzene rings is 10. The Balaban J connectivity index is 1.01. The molecule has 1 aliphatic heterocycles. The van der Waals surface area contributed by atoms with Gasteiger partial charge in [0.15, 0.2) is 0 Å². The Hall–Kier alpha value is -7.94. The molecule has 12 rings (SSSR count). The van der Waals surface area contributed by atoms with Crippen LogP contribution in [0.15, 0.2) is 231 Å². The zero-order valence-electron chi connectivity index (χ0n) is 32.8. The first kappa shape index (κ1) is 34.1. The van der Waals surface area contributed by atoms with Gasteiger partial charge in [-0.3, -0.25) is 0 Å². The summed E-state index contributed by atoms with van der Waals surface area (Å²) in [5.74, 6) is 0. The van der Waals surface area contributed by atoms with Crippen LogP contribution in [0.3, 0.4) is 0 Å². The zero-order valence-corrected chi connectivity index (χ0v) is 32.8. The molecule has 60 heavy (non-hydrogen) atoms. The van der Waals surface area contributed by atoms with Gasteiger partial charge >= 0.3 is 0 Å². The maximum atomic E-state index is 2.55. The zero-order chi connectivity index (χ0) is 39.6. The molecular formula is C58H38N2. The van der Waals surface area contributed by atoms with Crippen LogP contribution >= 0.6 is 0 Å². The minimum absolute atomic E-state index is 1.10. The minimum atomic E-state index is 1.10. The summed E-state index contributed by atoms with van der Waals surface area (Å²) < 4.78 is 2.55. The van der Waals surface area contributed by atoms with Gasteiger partial charge in [-0.1, -0.05) is 182 Å². The Morgan fingerprint density at radius 1 is 0.300 bits per heavy atom. The third kappa shape index (κ3) is 5.42. The van der Waals surface area contributed by atoms with Gasteiger partial charge in [-0.2, -0.15) is 0 Å². The lowest BCUT2D eigenvalue weighted by Crippen LogP contribution is -2.09. The van der Waals surface area contributed by atoms with Gasteiger partial charge in [0, 0.05) is 44.5 Å². The standard InChI is InChI=1S/C58H38N2/c1-3-15-39(16-4-1)40-29-31-41(32-30-40)43-18-13-21-47(37-43)59(45-19-5-2-6-20-45)46-35-33-42(34-36-46)49-26-14-27-52-50-23-9-10-24-51(50)54-38-44-17-7-8-22-48(44)56-53-25-11-12-28-55(53)60(57(49)52)58(54)56/h1-38H. The molecule has 10 aromatic carbocycles. The molecule has 0 fully saturated rings. The number of fused-ring (bicyclic) bond motifs is 10. The molecule has 11 aromatic rings. The van der Waals surface area contributed by atoms with Gasteiger partial charge < -0.3 is 9.47 Å². The van der Waals surface area contributed by atoms with E-state index in [0.29, 0.717) is 0 Å². The first-order valence-electron chi connectivity index (χ1n) is 20.7. The number of hydrogen-bond donors (Lipinski definition) is 0. The molecule has 0 radical (unpaired) electrons. The molecule has 0 spiro atoms. The van der Waals surface area contributed by atoms with Crippen LogP contribution in [0.5, 0.6) is 0 Å². The monoisotopic (exact) mass is 762 g/mol. The maximum Gasteiger partial charge on any atom is 0.0626 e. The van der Waals surface area contributed by atoms with E-state index in [2.05, 4.69) is 240 Å². The molecule has 0 saturated heterocycles. The third-order valence-corrected chi connectivity index (χ3v) is 12.3. The number of aromatic nitrogens is 1. The van der Waals surface area contributed by atoms with Crippen LogP contribution in [0.25, 0.3) is 93.9 Å². The first-order chi connectivity index (χ1) is 29.8. The smallest absolute Gasteiger partial charge is 0.0626 e. The largest absolute Gasteiger partial charge is 0.310 e. The van der Waals surface area contributed by atoms with Crippen molar-refractivity contribution in [1.29, 1.82) is 0 Å². The summed E-state index contributed by atoms with van der Waals surface area (Å²) in [5.41, 5.74) is 19.2. The van der Waals surface area contributed by atoms with E-state index >= 15 is 0 Å². The van der Waals surface area contributed by atoms with E-state index in [0.717, 1.165) is 17.1 Å². The highest BCUT2D eigenvalue weighted by Crippen LogP contribution is 2.51. The molecule has 280 valence electrons. The Morgan fingerprint density at radius 3 is 1.60 bits per heavy atom. The first-order valence-corrected chi connectivity index (χ1v) is 20.7. The summed E-state index contributed by atoms with van der Waals surface area (Å²) in [7, 11) is 0. The predicted octanol–water partition coefficient (Wildman–Crippen LogP) is 16.1. The van der Waals surface area contributed by atoms with Gasteiger partial charge in [-0.05, 0) is 98.2 Å². The van der Waals surface area contributed by atoms with Crippen molar-refractivity contribution in [3.8, 4) is 61.3 Å². The Bertz CT molecular complexity index is 3400. The van der Waals surface area contributed by atoms with Gasteiger partial charge in [0.2, 0.25) is 0 Å². The quantitative estimate of drug-likeness (QED) is 0.164. The van der Waals surface area contributed by atoms with Crippen molar-refractivity contribution in [2.24, 2.45) is 0 Å². The maximum absolute atomic E-state index is 2.55. The normalized spacial score (nSPS) is 11.7. The summed E-state index contributed by atoms with van der Waals surface area (Å²) in [6, 6.07) is 84.1. The lowest BCUT2D eigenvalue weighted by Gasteiger charge is -2.26. The summed E-state index contributed by atoms with van der Waals surface area (Å²) in [6.07, 6.45) is 0. The van der Waals surface area contributed by atoms with Gasteiger partial charge in [-0.25, -0.2) is 0 Å². The number of para-hydroxylation sites is 3. The van der Waals surface area contributed by atoms with Crippen molar-refractivity contribution in [2.75, 3.05) is 4.90 Å². The van der Waals surface area contributed by atoms with Crippen LogP contribution in [0.1, 0.15) is 0 Å². The third-order valence-electron chi connectivity index (χ3n) is 12.3. The van der Waals surface area contributed by atoms with E-state index in [1.165, 1.54) is 93.9 Å². The highest BCUT2D eigenvalue weighted by Gasteiger charge is 2.28. The van der Waals surface area contributed by atoms with E-state index in [4.69, 9.17) is 0 Å². The summed E-state index contributed by atoms with van der Waals surface area (Å²) in [5, 5.41) is 5.12. The summed E-state index contributed by atoms with van der Waals surface area (Å²) in [4.78, 5) is 2.36. The molecule has 2 heterocycles. The van der Waals surface area contributed by atoms with Gasteiger partial charge in [-0.15, -0.1) is 0 Å². The fourth-order valence-corrected chi connectivity index (χ4v) is 9.59. The highest BCUT2D eigenvalue weighted by atomic mass is 15.1. The lowest BCUT2D eigenvalue weighted by molar-refractivity contribution is 1.19. The fourth-order valence-electron chi connectivity index (χ4n) is 9.59. The van der Waals surface area contributed by atoms with E-state index in [1.807, 2.05) is 0 Å². The molecule has 0 bridgehead atoms. The van der Waals surface area contributed by atoms with Crippen molar-refractivity contribution < 1.29 is 0 Å². The Labute approximate surface area is 349 Å². The molecule has 2 heteroatoms. The lowest BCUT2D eigenvalue weighted by atomic mass is 9.90. The number of nitrogens with zero attached hydrogens (tertiary/aromatic N) is 2. The highest BCUT2D eigenvalue weighted by molar-refractivity contribution is 6.26. The van der Waals surface area contributed by atoms with Crippen LogP contribution < -0.4 is 4.90 Å². The number of rotatable bonds is 6. The summed E-state index contributed by atoms with van der Waals surface area (Å²) >= 11 is 0.